The average Bonchev–Trinajstić information content (AvgIpc) is 2.73. The SMILES string of the molecule is CCNC(=O)C(C)N(Cc1cccc(OC)c1)C(=O)CCSc1ccc(Cl)cc1. The van der Waals surface area contributed by atoms with E-state index in [0.29, 0.717) is 30.3 Å². The molecule has 0 aromatic heterocycles. The van der Waals surface area contributed by atoms with Crippen LogP contribution in [0.15, 0.2) is 53.4 Å². The van der Waals surface area contributed by atoms with Crippen molar-refractivity contribution in [2.24, 2.45) is 0 Å². The van der Waals surface area contributed by atoms with Gasteiger partial charge in [-0.1, -0.05) is 23.7 Å². The van der Waals surface area contributed by atoms with Gasteiger partial charge in [-0.15, -0.1) is 11.8 Å². The summed E-state index contributed by atoms with van der Waals surface area (Å²) in [5.74, 6) is 1.12. The molecule has 5 nitrogen and oxygen atoms in total. The highest BCUT2D eigenvalue weighted by atomic mass is 35.5. The Bertz CT molecular complexity index is 814. The number of carbonyl (C=O) groups excluding carboxylic acids is 2. The fourth-order valence-corrected chi connectivity index (χ4v) is 3.77. The number of methoxy groups -OCH3 is 1. The fourth-order valence-electron chi connectivity index (χ4n) is 2.80. The summed E-state index contributed by atoms with van der Waals surface area (Å²) in [5.41, 5.74) is 0.916. The second-order valence-corrected chi connectivity index (χ2v) is 8.10. The molecule has 1 unspecified atom stereocenters. The van der Waals surface area contributed by atoms with Crippen molar-refractivity contribution in [3.63, 3.8) is 0 Å². The first kappa shape index (κ1) is 23.1. The van der Waals surface area contributed by atoms with Crippen LogP contribution in [0.2, 0.25) is 5.02 Å². The number of benzene rings is 2. The van der Waals surface area contributed by atoms with Crippen LogP contribution in [0.4, 0.5) is 0 Å². The molecule has 7 heteroatoms. The molecule has 1 atom stereocenters. The van der Waals surface area contributed by atoms with E-state index < -0.39 is 6.04 Å². The molecule has 29 heavy (non-hydrogen) atoms. The molecule has 0 saturated carbocycles. The quantitative estimate of drug-likeness (QED) is 0.563. The van der Waals surface area contributed by atoms with E-state index in [2.05, 4.69) is 5.32 Å². The number of thioether (sulfide) groups is 1. The number of likely N-dealkylation sites (N-methyl/N-ethyl adjacent to an activating group) is 1. The first-order valence-corrected chi connectivity index (χ1v) is 10.9. The molecule has 2 amide bonds. The molecule has 2 aromatic carbocycles. The summed E-state index contributed by atoms with van der Waals surface area (Å²) in [5, 5.41) is 3.49. The van der Waals surface area contributed by atoms with Gasteiger partial charge in [-0.3, -0.25) is 9.59 Å². The van der Waals surface area contributed by atoms with E-state index in [1.165, 1.54) is 0 Å². The third-order valence-electron chi connectivity index (χ3n) is 4.40. The predicted octanol–water partition coefficient (Wildman–Crippen LogP) is 4.38. The average molecular weight is 435 g/mol. The number of hydrogen-bond donors (Lipinski definition) is 1. The van der Waals surface area contributed by atoms with Crippen LogP contribution in [0.25, 0.3) is 0 Å². The molecule has 2 rings (SSSR count). The summed E-state index contributed by atoms with van der Waals surface area (Å²) in [7, 11) is 1.60. The highest BCUT2D eigenvalue weighted by Crippen LogP contribution is 2.22. The van der Waals surface area contributed by atoms with Crippen LogP contribution in [-0.2, 0) is 16.1 Å². The second kappa shape index (κ2) is 11.7. The van der Waals surface area contributed by atoms with E-state index in [1.54, 1.807) is 30.7 Å². The molecular formula is C22H27ClN2O3S. The van der Waals surface area contributed by atoms with E-state index in [9.17, 15) is 9.59 Å². The van der Waals surface area contributed by atoms with Gasteiger partial charge >= 0.3 is 0 Å². The van der Waals surface area contributed by atoms with Crippen LogP contribution in [0.3, 0.4) is 0 Å². The molecule has 0 bridgehead atoms. The smallest absolute Gasteiger partial charge is 0.242 e. The first-order valence-electron chi connectivity index (χ1n) is 9.53. The maximum absolute atomic E-state index is 13.0. The summed E-state index contributed by atoms with van der Waals surface area (Å²) in [6, 6.07) is 14.5. The lowest BCUT2D eigenvalue weighted by molar-refractivity contribution is -0.140. The second-order valence-electron chi connectivity index (χ2n) is 6.50. The Balaban J connectivity index is 2.06. The Labute approximate surface area is 181 Å². The molecule has 0 aliphatic carbocycles. The van der Waals surface area contributed by atoms with Gasteiger partial charge in [-0.05, 0) is 55.8 Å². The monoisotopic (exact) mass is 434 g/mol. The van der Waals surface area contributed by atoms with E-state index in [1.807, 2.05) is 55.5 Å². The van der Waals surface area contributed by atoms with Gasteiger partial charge in [0.05, 0.1) is 7.11 Å². The lowest BCUT2D eigenvalue weighted by atomic mass is 10.1. The van der Waals surface area contributed by atoms with Crippen LogP contribution in [0.5, 0.6) is 5.75 Å². The summed E-state index contributed by atoms with van der Waals surface area (Å²) in [6.07, 6.45) is 0.334. The minimum Gasteiger partial charge on any atom is -0.497 e. The third kappa shape index (κ3) is 7.29. The Morgan fingerprint density at radius 1 is 1.21 bits per heavy atom. The predicted molar refractivity (Wildman–Crippen MR) is 118 cm³/mol. The van der Waals surface area contributed by atoms with Crippen molar-refractivity contribution in [1.29, 1.82) is 0 Å². The molecule has 0 saturated heterocycles. The van der Waals surface area contributed by atoms with E-state index in [0.717, 1.165) is 16.2 Å². The molecule has 0 aliphatic rings. The fraction of sp³-hybridized carbons (Fsp3) is 0.364. The van der Waals surface area contributed by atoms with Gasteiger partial charge in [-0.25, -0.2) is 0 Å². The Morgan fingerprint density at radius 3 is 2.59 bits per heavy atom. The van der Waals surface area contributed by atoms with Crippen LogP contribution < -0.4 is 10.1 Å². The number of halogens is 1. The van der Waals surface area contributed by atoms with Crippen molar-refractivity contribution >= 4 is 35.2 Å². The van der Waals surface area contributed by atoms with Gasteiger partial charge in [0.1, 0.15) is 11.8 Å². The number of amides is 2. The maximum Gasteiger partial charge on any atom is 0.242 e. The summed E-state index contributed by atoms with van der Waals surface area (Å²) < 4.78 is 5.27. The Morgan fingerprint density at radius 2 is 1.93 bits per heavy atom. The molecule has 0 heterocycles. The van der Waals surface area contributed by atoms with Gasteiger partial charge < -0.3 is 15.0 Å². The van der Waals surface area contributed by atoms with Crippen molar-refractivity contribution in [3.8, 4) is 5.75 Å². The number of rotatable bonds is 10. The van der Waals surface area contributed by atoms with E-state index in [-0.39, 0.29) is 11.8 Å². The minimum atomic E-state index is -0.561. The van der Waals surface area contributed by atoms with Crippen LogP contribution in [-0.4, -0.2) is 42.2 Å². The van der Waals surface area contributed by atoms with Gasteiger partial charge in [0.15, 0.2) is 0 Å². The van der Waals surface area contributed by atoms with Crippen molar-refractivity contribution < 1.29 is 14.3 Å². The largest absolute Gasteiger partial charge is 0.497 e. The first-order chi connectivity index (χ1) is 13.9. The number of carbonyl (C=O) groups is 2. The molecule has 0 aliphatic heterocycles. The Kier molecular flexibility index (Phi) is 9.35. The summed E-state index contributed by atoms with van der Waals surface area (Å²) in [6.45, 7) is 4.49. The minimum absolute atomic E-state index is 0.0620. The number of nitrogens with one attached hydrogen (secondary N) is 1. The number of nitrogens with zero attached hydrogens (tertiary/aromatic N) is 1. The third-order valence-corrected chi connectivity index (χ3v) is 5.67. The summed E-state index contributed by atoms with van der Waals surface area (Å²) >= 11 is 7.50. The molecule has 2 aromatic rings. The van der Waals surface area contributed by atoms with Crippen LogP contribution >= 0.6 is 23.4 Å². The molecule has 156 valence electrons. The zero-order valence-electron chi connectivity index (χ0n) is 17.0. The highest BCUT2D eigenvalue weighted by Gasteiger charge is 2.25. The zero-order valence-corrected chi connectivity index (χ0v) is 18.6. The number of hydrogen-bond acceptors (Lipinski definition) is 4. The van der Waals surface area contributed by atoms with Crippen molar-refractivity contribution in [2.45, 2.75) is 37.8 Å². The lowest BCUT2D eigenvalue weighted by Crippen LogP contribution is -2.47. The van der Waals surface area contributed by atoms with Gasteiger partial charge in [-0.2, -0.15) is 0 Å². The van der Waals surface area contributed by atoms with Gasteiger partial charge in [0, 0.05) is 35.2 Å². The van der Waals surface area contributed by atoms with Crippen LogP contribution in [0.1, 0.15) is 25.8 Å². The van der Waals surface area contributed by atoms with Crippen molar-refractivity contribution in [1.82, 2.24) is 10.2 Å². The van der Waals surface area contributed by atoms with E-state index in [4.69, 9.17) is 16.3 Å². The lowest BCUT2D eigenvalue weighted by Gasteiger charge is -2.29. The van der Waals surface area contributed by atoms with Crippen molar-refractivity contribution in [3.05, 3.63) is 59.1 Å². The van der Waals surface area contributed by atoms with Crippen molar-refractivity contribution in [2.75, 3.05) is 19.4 Å². The topological polar surface area (TPSA) is 58.6 Å². The van der Waals surface area contributed by atoms with Gasteiger partial charge in [0.2, 0.25) is 11.8 Å². The summed E-state index contributed by atoms with van der Waals surface area (Å²) in [4.78, 5) is 28.0. The standard InChI is InChI=1S/C22H27ClN2O3S/c1-4-24-22(27)16(2)25(15-17-6-5-7-19(14-17)28-3)21(26)12-13-29-20-10-8-18(23)9-11-20/h5-11,14,16H,4,12-13,15H2,1-3H3,(H,24,27). The Hall–Kier alpha value is -2.18. The molecule has 0 spiro atoms. The highest BCUT2D eigenvalue weighted by molar-refractivity contribution is 7.99. The molecule has 1 N–H and O–H groups in total. The molecular weight excluding hydrogens is 408 g/mol. The molecule has 0 radical (unpaired) electrons. The zero-order chi connectivity index (χ0) is 21.2. The number of ether oxygens (including phenoxy) is 1. The van der Waals surface area contributed by atoms with Crippen LogP contribution in [0, 0.1) is 0 Å². The normalized spacial score (nSPS) is 11.6. The maximum atomic E-state index is 13.0. The molecule has 0 fully saturated rings. The van der Waals surface area contributed by atoms with E-state index >= 15 is 0 Å². The van der Waals surface area contributed by atoms with Gasteiger partial charge in [0.25, 0.3) is 0 Å².